The SMILES string of the molecule is Cc1cccc(OCCC(=O)N2CCCC2CN)c1C.Cl. The molecule has 2 rings (SSSR count). The van der Waals surface area contributed by atoms with E-state index in [4.69, 9.17) is 10.5 Å². The summed E-state index contributed by atoms with van der Waals surface area (Å²) in [6, 6.07) is 6.21. The molecule has 1 aromatic rings. The summed E-state index contributed by atoms with van der Waals surface area (Å²) >= 11 is 0. The molecule has 1 aromatic carbocycles. The van der Waals surface area contributed by atoms with Crippen molar-refractivity contribution < 1.29 is 9.53 Å². The summed E-state index contributed by atoms with van der Waals surface area (Å²) in [6.07, 6.45) is 2.51. The number of nitrogens with two attached hydrogens (primary N) is 1. The maximum atomic E-state index is 12.1. The van der Waals surface area contributed by atoms with E-state index in [0.29, 0.717) is 19.6 Å². The third kappa shape index (κ3) is 4.35. The van der Waals surface area contributed by atoms with E-state index in [9.17, 15) is 4.79 Å². The number of ether oxygens (including phenoxy) is 1. The van der Waals surface area contributed by atoms with E-state index in [0.717, 1.165) is 30.7 Å². The number of rotatable bonds is 5. The molecule has 0 spiro atoms. The summed E-state index contributed by atoms with van der Waals surface area (Å²) in [7, 11) is 0. The van der Waals surface area contributed by atoms with Crippen LogP contribution in [0.1, 0.15) is 30.4 Å². The second-order valence-electron chi connectivity index (χ2n) is 5.42. The van der Waals surface area contributed by atoms with Gasteiger partial charge in [-0.1, -0.05) is 12.1 Å². The lowest BCUT2D eigenvalue weighted by Gasteiger charge is -2.23. The van der Waals surface area contributed by atoms with Crippen LogP contribution in [0.3, 0.4) is 0 Å². The average Bonchev–Trinajstić information content (AvgIpc) is 2.92. The minimum absolute atomic E-state index is 0. The Labute approximate surface area is 133 Å². The van der Waals surface area contributed by atoms with Gasteiger partial charge in [0.05, 0.1) is 13.0 Å². The monoisotopic (exact) mass is 312 g/mol. The van der Waals surface area contributed by atoms with Crippen molar-refractivity contribution in [3.8, 4) is 5.75 Å². The van der Waals surface area contributed by atoms with Crippen LogP contribution in [0.5, 0.6) is 5.75 Å². The van der Waals surface area contributed by atoms with E-state index in [2.05, 4.69) is 13.0 Å². The number of carbonyl (C=O) groups is 1. The highest BCUT2D eigenvalue weighted by Crippen LogP contribution is 2.21. The number of hydrogen-bond acceptors (Lipinski definition) is 3. The third-order valence-electron chi connectivity index (χ3n) is 4.10. The summed E-state index contributed by atoms with van der Waals surface area (Å²) in [4.78, 5) is 14.1. The van der Waals surface area contributed by atoms with E-state index in [1.54, 1.807) is 0 Å². The summed E-state index contributed by atoms with van der Waals surface area (Å²) in [5.74, 6) is 1.03. The van der Waals surface area contributed by atoms with E-state index in [-0.39, 0.29) is 24.4 Å². The first-order valence-electron chi connectivity index (χ1n) is 7.32. The number of nitrogens with zero attached hydrogens (tertiary/aromatic N) is 1. The number of amides is 1. The molecule has 2 N–H and O–H groups in total. The van der Waals surface area contributed by atoms with Gasteiger partial charge in [-0.25, -0.2) is 0 Å². The minimum Gasteiger partial charge on any atom is -0.493 e. The Balaban J connectivity index is 0.00000220. The lowest BCUT2D eigenvalue weighted by atomic mass is 10.1. The maximum Gasteiger partial charge on any atom is 0.226 e. The van der Waals surface area contributed by atoms with Crippen molar-refractivity contribution in [2.24, 2.45) is 5.73 Å². The number of hydrogen-bond donors (Lipinski definition) is 1. The maximum absolute atomic E-state index is 12.1. The quantitative estimate of drug-likeness (QED) is 0.908. The van der Waals surface area contributed by atoms with Crippen LogP contribution in [-0.4, -0.2) is 36.5 Å². The first kappa shape index (κ1) is 17.8. The molecule has 0 aliphatic carbocycles. The number of aryl methyl sites for hydroxylation is 1. The molecule has 0 saturated carbocycles. The van der Waals surface area contributed by atoms with Crippen molar-refractivity contribution in [2.75, 3.05) is 19.7 Å². The van der Waals surface area contributed by atoms with E-state index in [1.807, 2.05) is 24.0 Å². The predicted molar refractivity (Wildman–Crippen MR) is 87.1 cm³/mol. The van der Waals surface area contributed by atoms with Crippen LogP contribution in [0.2, 0.25) is 0 Å². The van der Waals surface area contributed by atoms with Gasteiger partial charge in [0.25, 0.3) is 0 Å². The molecule has 118 valence electrons. The van der Waals surface area contributed by atoms with Gasteiger partial charge in [-0.2, -0.15) is 0 Å². The zero-order valence-electron chi connectivity index (χ0n) is 12.8. The highest BCUT2D eigenvalue weighted by molar-refractivity contribution is 5.85. The fourth-order valence-corrected chi connectivity index (χ4v) is 2.68. The zero-order chi connectivity index (χ0) is 14.5. The van der Waals surface area contributed by atoms with Crippen molar-refractivity contribution >= 4 is 18.3 Å². The lowest BCUT2D eigenvalue weighted by Crippen LogP contribution is -2.40. The smallest absolute Gasteiger partial charge is 0.226 e. The summed E-state index contributed by atoms with van der Waals surface area (Å²) in [6.45, 7) is 5.92. The van der Waals surface area contributed by atoms with Gasteiger partial charge in [0, 0.05) is 19.1 Å². The number of carbonyl (C=O) groups excluding carboxylic acids is 1. The topological polar surface area (TPSA) is 55.6 Å². The van der Waals surface area contributed by atoms with E-state index < -0.39 is 0 Å². The van der Waals surface area contributed by atoms with Gasteiger partial charge in [0.2, 0.25) is 5.91 Å². The Hall–Kier alpha value is -1.26. The van der Waals surface area contributed by atoms with Crippen LogP contribution in [0.15, 0.2) is 18.2 Å². The molecule has 1 unspecified atom stereocenters. The van der Waals surface area contributed by atoms with Gasteiger partial charge < -0.3 is 15.4 Å². The van der Waals surface area contributed by atoms with Crippen molar-refractivity contribution in [1.82, 2.24) is 4.90 Å². The average molecular weight is 313 g/mol. The highest BCUT2D eigenvalue weighted by atomic mass is 35.5. The molecule has 1 heterocycles. The Morgan fingerprint density at radius 3 is 2.90 bits per heavy atom. The van der Waals surface area contributed by atoms with Crippen LogP contribution < -0.4 is 10.5 Å². The molecule has 1 saturated heterocycles. The van der Waals surface area contributed by atoms with Crippen molar-refractivity contribution in [3.05, 3.63) is 29.3 Å². The molecule has 1 aliphatic rings. The number of benzene rings is 1. The van der Waals surface area contributed by atoms with Crippen molar-refractivity contribution in [2.45, 2.75) is 39.2 Å². The second kappa shape index (κ2) is 8.25. The molecule has 21 heavy (non-hydrogen) atoms. The van der Waals surface area contributed by atoms with Gasteiger partial charge in [0.15, 0.2) is 0 Å². The Kier molecular flexibility index (Phi) is 6.99. The van der Waals surface area contributed by atoms with Crippen LogP contribution in [0.4, 0.5) is 0 Å². The minimum atomic E-state index is 0. The van der Waals surface area contributed by atoms with Crippen LogP contribution in [0.25, 0.3) is 0 Å². The molecular weight excluding hydrogens is 288 g/mol. The third-order valence-corrected chi connectivity index (χ3v) is 4.10. The first-order chi connectivity index (χ1) is 9.63. The van der Waals surface area contributed by atoms with Gasteiger partial charge in [0.1, 0.15) is 5.75 Å². The Bertz CT molecular complexity index is 479. The van der Waals surface area contributed by atoms with Crippen LogP contribution in [-0.2, 0) is 4.79 Å². The molecule has 1 atom stereocenters. The largest absolute Gasteiger partial charge is 0.493 e. The molecule has 1 amide bonds. The molecule has 4 nitrogen and oxygen atoms in total. The molecule has 0 aromatic heterocycles. The molecule has 0 radical (unpaired) electrons. The van der Waals surface area contributed by atoms with Gasteiger partial charge in [-0.05, 0) is 43.9 Å². The summed E-state index contributed by atoms with van der Waals surface area (Å²) < 4.78 is 5.74. The van der Waals surface area contributed by atoms with Gasteiger partial charge in [-0.15, -0.1) is 12.4 Å². The lowest BCUT2D eigenvalue weighted by molar-refractivity contribution is -0.132. The Morgan fingerprint density at radius 2 is 2.19 bits per heavy atom. The fourth-order valence-electron chi connectivity index (χ4n) is 2.68. The first-order valence-corrected chi connectivity index (χ1v) is 7.32. The van der Waals surface area contributed by atoms with Gasteiger partial charge in [-0.3, -0.25) is 4.79 Å². The molecular formula is C16H25ClN2O2. The van der Waals surface area contributed by atoms with Crippen LogP contribution >= 0.6 is 12.4 Å². The van der Waals surface area contributed by atoms with Gasteiger partial charge >= 0.3 is 0 Å². The Morgan fingerprint density at radius 1 is 1.43 bits per heavy atom. The zero-order valence-corrected chi connectivity index (χ0v) is 13.6. The predicted octanol–water partition coefficient (Wildman–Crippen LogP) is 2.44. The molecule has 1 aliphatic heterocycles. The molecule has 5 heteroatoms. The second-order valence-corrected chi connectivity index (χ2v) is 5.42. The molecule has 0 bridgehead atoms. The fraction of sp³-hybridized carbons (Fsp3) is 0.562. The summed E-state index contributed by atoms with van der Waals surface area (Å²) in [5.41, 5.74) is 8.04. The van der Waals surface area contributed by atoms with Crippen molar-refractivity contribution in [3.63, 3.8) is 0 Å². The normalized spacial score (nSPS) is 17.5. The number of halogens is 1. The number of likely N-dealkylation sites (tertiary alicyclic amines) is 1. The van der Waals surface area contributed by atoms with Crippen molar-refractivity contribution in [1.29, 1.82) is 0 Å². The van der Waals surface area contributed by atoms with E-state index in [1.165, 1.54) is 5.56 Å². The summed E-state index contributed by atoms with van der Waals surface area (Å²) in [5, 5.41) is 0. The van der Waals surface area contributed by atoms with Crippen LogP contribution in [0, 0.1) is 13.8 Å². The molecule has 1 fully saturated rings. The highest BCUT2D eigenvalue weighted by Gasteiger charge is 2.27. The standard InChI is InChI=1S/C16H24N2O2.ClH/c1-12-5-3-7-15(13(12)2)20-10-8-16(19)18-9-4-6-14(18)11-17;/h3,5,7,14H,4,6,8-11,17H2,1-2H3;1H. The van der Waals surface area contributed by atoms with E-state index >= 15 is 0 Å².